The molecule has 1 heterocycles. The Kier molecular flexibility index (Phi) is 2.67. The molecule has 68 valence electrons. The fourth-order valence-electron chi connectivity index (χ4n) is 0.710. The van der Waals surface area contributed by atoms with E-state index in [-0.39, 0.29) is 0 Å². The molecule has 0 aliphatic heterocycles. The van der Waals surface area contributed by atoms with Gasteiger partial charge in [0.2, 0.25) is 5.13 Å². The quantitative estimate of drug-likeness (QED) is 0.768. The number of nitrogens with one attached hydrogen (secondary N) is 1. The fraction of sp³-hybridized carbons (Fsp3) is 0.750. The van der Waals surface area contributed by atoms with E-state index >= 15 is 0 Å². The Hall–Kier alpha value is -0.640. The van der Waals surface area contributed by atoms with Crippen molar-refractivity contribution in [3.05, 3.63) is 5.82 Å². The van der Waals surface area contributed by atoms with Crippen molar-refractivity contribution in [3.63, 3.8) is 0 Å². The summed E-state index contributed by atoms with van der Waals surface area (Å²) in [5, 5.41) is 4.17. The Bertz CT molecular complexity index is 249. The number of aryl methyl sites for hydroxylation is 1. The fourth-order valence-corrected chi connectivity index (χ4v) is 1.28. The number of nitrogens with zero attached hydrogens (tertiary/aromatic N) is 2. The minimum atomic E-state index is 0.291. The van der Waals surface area contributed by atoms with Gasteiger partial charge >= 0.3 is 0 Å². The van der Waals surface area contributed by atoms with Gasteiger partial charge in [-0.2, -0.15) is 4.37 Å². The Morgan fingerprint density at radius 1 is 1.42 bits per heavy atom. The molecule has 0 radical (unpaired) electrons. The van der Waals surface area contributed by atoms with Gasteiger partial charge in [0, 0.05) is 18.1 Å². The summed E-state index contributed by atoms with van der Waals surface area (Å²) in [7, 11) is 0. The molecule has 12 heavy (non-hydrogen) atoms. The van der Waals surface area contributed by atoms with Crippen LogP contribution in [0.25, 0.3) is 0 Å². The normalized spacial score (nSPS) is 11.7. The van der Waals surface area contributed by atoms with Crippen molar-refractivity contribution >= 4 is 16.7 Å². The number of hydrogen-bond donors (Lipinski definition) is 1. The van der Waals surface area contributed by atoms with E-state index in [9.17, 15) is 0 Å². The minimum Gasteiger partial charge on any atom is -0.360 e. The van der Waals surface area contributed by atoms with Gasteiger partial charge in [0.05, 0.1) is 0 Å². The molecule has 3 nitrogen and oxygen atoms in total. The van der Waals surface area contributed by atoms with E-state index in [1.165, 1.54) is 11.5 Å². The third kappa shape index (κ3) is 3.17. The molecule has 0 aliphatic carbocycles. The Balaban J connectivity index is 2.44. The van der Waals surface area contributed by atoms with Crippen molar-refractivity contribution in [1.29, 1.82) is 0 Å². The predicted molar refractivity (Wildman–Crippen MR) is 52.6 cm³/mol. The van der Waals surface area contributed by atoms with Crippen LogP contribution in [0.1, 0.15) is 26.6 Å². The van der Waals surface area contributed by atoms with Crippen LogP contribution in [-0.4, -0.2) is 15.9 Å². The maximum absolute atomic E-state index is 4.21. The second kappa shape index (κ2) is 3.39. The molecule has 1 N–H and O–H groups in total. The monoisotopic (exact) mass is 185 g/mol. The summed E-state index contributed by atoms with van der Waals surface area (Å²) >= 11 is 1.42. The van der Waals surface area contributed by atoms with Crippen LogP contribution in [0, 0.1) is 12.3 Å². The topological polar surface area (TPSA) is 37.8 Å². The van der Waals surface area contributed by atoms with Crippen LogP contribution in [0.15, 0.2) is 0 Å². The van der Waals surface area contributed by atoms with Crippen molar-refractivity contribution in [2.24, 2.45) is 5.41 Å². The molecule has 0 saturated carbocycles. The molecule has 1 aromatic rings. The van der Waals surface area contributed by atoms with Crippen LogP contribution < -0.4 is 5.32 Å². The highest BCUT2D eigenvalue weighted by Crippen LogP contribution is 2.16. The third-order valence-electron chi connectivity index (χ3n) is 1.30. The second-order valence-corrected chi connectivity index (χ2v) is 4.81. The maximum atomic E-state index is 4.21. The van der Waals surface area contributed by atoms with Gasteiger partial charge in [0.25, 0.3) is 0 Å². The zero-order valence-electron chi connectivity index (χ0n) is 8.01. The first-order valence-electron chi connectivity index (χ1n) is 4.01. The van der Waals surface area contributed by atoms with Crippen LogP contribution in [0.5, 0.6) is 0 Å². The highest BCUT2D eigenvalue weighted by molar-refractivity contribution is 7.09. The number of hydrogen-bond acceptors (Lipinski definition) is 4. The molecule has 0 unspecified atom stereocenters. The van der Waals surface area contributed by atoms with Gasteiger partial charge in [0.1, 0.15) is 5.82 Å². The molecule has 0 spiro atoms. The Labute approximate surface area is 77.4 Å². The molecule has 4 heteroatoms. The molecular weight excluding hydrogens is 170 g/mol. The molecule has 0 aromatic carbocycles. The van der Waals surface area contributed by atoms with Crippen LogP contribution in [0.4, 0.5) is 5.13 Å². The lowest BCUT2D eigenvalue weighted by molar-refractivity contribution is 0.443. The molecule has 0 amide bonds. The summed E-state index contributed by atoms with van der Waals surface area (Å²) in [6, 6.07) is 0. The lowest BCUT2D eigenvalue weighted by atomic mass is 9.97. The summed E-state index contributed by atoms with van der Waals surface area (Å²) in [5.74, 6) is 0.844. The third-order valence-corrected chi connectivity index (χ3v) is 2.06. The first-order chi connectivity index (χ1) is 5.47. The van der Waals surface area contributed by atoms with E-state index in [2.05, 4.69) is 35.4 Å². The van der Waals surface area contributed by atoms with Crippen LogP contribution in [0.2, 0.25) is 0 Å². The first kappa shape index (κ1) is 9.45. The van der Waals surface area contributed by atoms with Crippen molar-refractivity contribution in [2.75, 3.05) is 11.9 Å². The molecule has 0 fully saturated rings. The predicted octanol–water partition coefficient (Wildman–Crippen LogP) is 2.30. The number of anilines is 1. The zero-order chi connectivity index (χ0) is 9.19. The largest absolute Gasteiger partial charge is 0.360 e. The van der Waals surface area contributed by atoms with Gasteiger partial charge in [-0.15, -0.1) is 0 Å². The van der Waals surface area contributed by atoms with Gasteiger partial charge in [-0.3, -0.25) is 0 Å². The van der Waals surface area contributed by atoms with Gasteiger partial charge < -0.3 is 5.32 Å². The summed E-state index contributed by atoms with van der Waals surface area (Å²) < 4.78 is 4.09. The number of aromatic nitrogens is 2. The number of rotatable bonds is 2. The second-order valence-electron chi connectivity index (χ2n) is 4.06. The average molecular weight is 185 g/mol. The van der Waals surface area contributed by atoms with Crippen LogP contribution in [0.3, 0.4) is 0 Å². The molecule has 0 saturated heterocycles. The molecule has 0 atom stereocenters. The first-order valence-corrected chi connectivity index (χ1v) is 4.79. The summed E-state index contributed by atoms with van der Waals surface area (Å²) in [6.07, 6.45) is 0. The molecular formula is C8H15N3S. The van der Waals surface area contributed by atoms with Gasteiger partial charge in [0.15, 0.2) is 0 Å². The summed E-state index contributed by atoms with van der Waals surface area (Å²) in [5.41, 5.74) is 0.291. The van der Waals surface area contributed by atoms with Crippen molar-refractivity contribution in [3.8, 4) is 0 Å². The lowest BCUT2D eigenvalue weighted by Gasteiger charge is -2.17. The van der Waals surface area contributed by atoms with Crippen molar-refractivity contribution in [2.45, 2.75) is 27.7 Å². The Morgan fingerprint density at radius 2 is 2.08 bits per heavy atom. The van der Waals surface area contributed by atoms with Gasteiger partial charge in [-0.1, -0.05) is 20.8 Å². The lowest BCUT2D eigenvalue weighted by Crippen LogP contribution is -2.18. The minimum absolute atomic E-state index is 0.291. The maximum Gasteiger partial charge on any atom is 0.202 e. The van der Waals surface area contributed by atoms with E-state index in [0.717, 1.165) is 17.5 Å². The van der Waals surface area contributed by atoms with E-state index in [4.69, 9.17) is 0 Å². The van der Waals surface area contributed by atoms with Gasteiger partial charge in [-0.25, -0.2) is 4.98 Å². The smallest absolute Gasteiger partial charge is 0.202 e. The molecule has 1 rings (SSSR count). The van der Waals surface area contributed by atoms with Crippen LogP contribution in [-0.2, 0) is 0 Å². The van der Waals surface area contributed by atoms with Gasteiger partial charge in [-0.05, 0) is 12.3 Å². The van der Waals surface area contributed by atoms with Crippen LogP contribution >= 0.6 is 11.5 Å². The standard InChI is InChI=1S/C8H15N3S/c1-6-10-7(12-11-6)9-5-8(2,3)4/h5H2,1-4H3,(H,9,10,11). The Morgan fingerprint density at radius 3 is 2.50 bits per heavy atom. The molecule has 1 aromatic heterocycles. The average Bonchev–Trinajstić information content (AvgIpc) is 2.30. The van der Waals surface area contributed by atoms with E-state index < -0.39 is 0 Å². The summed E-state index contributed by atoms with van der Waals surface area (Å²) in [6.45, 7) is 9.40. The van der Waals surface area contributed by atoms with E-state index in [1.54, 1.807) is 0 Å². The van der Waals surface area contributed by atoms with E-state index in [1.807, 2.05) is 6.92 Å². The van der Waals surface area contributed by atoms with Crippen molar-refractivity contribution in [1.82, 2.24) is 9.36 Å². The molecule has 0 aliphatic rings. The van der Waals surface area contributed by atoms with E-state index in [0.29, 0.717) is 5.41 Å². The SMILES string of the molecule is Cc1nsc(NCC(C)(C)C)n1. The summed E-state index contributed by atoms with van der Waals surface area (Å²) in [4.78, 5) is 4.21. The zero-order valence-corrected chi connectivity index (χ0v) is 8.83. The highest BCUT2D eigenvalue weighted by Gasteiger charge is 2.10. The molecule has 0 bridgehead atoms. The van der Waals surface area contributed by atoms with Crippen molar-refractivity contribution < 1.29 is 0 Å². The highest BCUT2D eigenvalue weighted by atomic mass is 32.1.